The van der Waals surface area contributed by atoms with E-state index in [2.05, 4.69) is 6.92 Å². The third kappa shape index (κ3) is 4.74. The Balaban J connectivity index is 1.68. The van der Waals surface area contributed by atoms with Gasteiger partial charge in [-0.3, -0.25) is 14.4 Å². The van der Waals surface area contributed by atoms with Crippen LogP contribution in [0.1, 0.15) is 87.5 Å². The van der Waals surface area contributed by atoms with E-state index in [-0.39, 0.29) is 46.4 Å². The fourth-order valence-electron chi connectivity index (χ4n) is 6.70. The molecule has 0 aromatic carbocycles. The Hall–Kier alpha value is -2.25. The Morgan fingerprint density at radius 1 is 1.19 bits per heavy atom. The summed E-state index contributed by atoms with van der Waals surface area (Å²) in [6.07, 6.45) is 6.00. The van der Waals surface area contributed by atoms with Gasteiger partial charge in [-0.25, -0.2) is 0 Å². The number of ketones is 2. The lowest BCUT2D eigenvalue weighted by molar-refractivity contribution is -0.196. The van der Waals surface area contributed by atoms with E-state index in [4.69, 9.17) is 14.2 Å². The molecule has 7 atom stereocenters. The number of carbonyl (C=O) groups excluding carboxylic acids is 3. The molecule has 0 bridgehead atoms. The van der Waals surface area contributed by atoms with Crippen LogP contribution in [0.3, 0.4) is 0 Å². The van der Waals surface area contributed by atoms with E-state index in [1.165, 1.54) is 13.0 Å². The van der Waals surface area contributed by atoms with E-state index < -0.39 is 29.2 Å². The molecule has 37 heavy (non-hydrogen) atoms. The van der Waals surface area contributed by atoms with Gasteiger partial charge in [-0.15, -0.1) is 0 Å². The third-order valence-corrected chi connectivity index (χ3v) is 9.19. The molecule has 7 heteroatoms. The van der Waals surface area contributed by atoms with Crippen molar-refractivity contribution in [1.82, 2.24) is 0 Å². The monoisotopic (exact) mass is 514 g/mol. The molecule has 1 N–H and O–H groups in total. The van der Waals surface area contributed by atoms with Gasteiger partial charge in [0.05, 0.1) is 23.4 Å². The van der Waals surface area contributed by atoms with Crippen molar-refractivity contribution in [2.24, 2.45) is 17.3 Å². The number of rotatable bonds is 6. The van der Waals surface area contributed by atoms with Crippen LogP contribution in [0.5, 0.6) is 0 Å². The Morgan fingerprint density at radius 2 is 1.86 bits per heavy atom. The van der Waals surface area contributed by atoms with Crippen molar-refractivity contribution >= 4 is 17.5 Å². The van der Waals surface area contributed by atoms with E-state index in [0.717, 1.165) is 24.8 Å². The van der Waals surface area contributed by atoms with Crippen molar-refractivity contribution in [2.75, 3.05) is 0 Å². The van der Waals surface area contributed by atoms with E-state index in [9.17, 15) is 19.5 Å². The van der Waals surface area contributed by atoms with Crippen molar-refractivity contribution in [3.63, 3.8) is 0 Å². The molecule has 0 aromatic heterocycles. The highest BCUT2D eigenvalue weighted by Crippen LogP contribution is 2.57. The molecule has 4 aliphatic rings. The van der Waals surface area contributed by atoms with Crippen LogP contribution in [0.15, 0.2) is 34.6 Å². The van der Waals surface area contributed by atoms with Crippen LogP contribution in [0, 0.1) is 17.3 Å². The van der Waals surface area contributed by atoms with Crippen molar-refractivity contribution in [1.29, 1.82) is 0 Å². The molecule has 0 spiro atoms. The van der Waals surface area contributed by atoms with E-state index >= 15 is 0 Å². The predicted molar refractivity (Wildman–Crippen MR) is 138 cm³/mol. The van der Waals surface area contributed by atoms with E-state index in [0.29, 0.717) is 18.4 Å². The van der Waals surface area contributed by atoms with Gasteiger partial charge in [0.2, 0.25) is 5.78 Å². The van der Waals surface area contributed by atoms with Gasteiger partial charge in [-0.1, -0.05) is 34.1 Å². The topological polar surface area (TPSA) is 99.1 Å². The SMILES string of the molecule is CC[C@H](C)[C@H](OC(C)=O)[C@@H](C)C1=CC(=O)C2=C(O[C@]3(C)CC[C@H]4O[C@@H](C(C)(C)O)CC[C@]4(C)C3=C2)C1=O. The van der Waals surface area contributed by atoms with Crippen molar-refractivity contribution < 1.29 is 33.7 Å². The predicted octanol–water partition coefficient (Wildman–Crippen LogP) is 4.77. The molecular formula is C30H42O7. The smallest absolute Gasteiger partial charge is 0.302 e. The summed E-state index contributed by atoms with van der Waals surface area (Å²) in [5.74, 6) is -1.33. The number of fused-ring (bicyclic) bond motifs is 3. The van der Waals surface area contributed by atoms with Crippen LogP contribution in [0.4, 0.5) is 0 Å². The Morgan fingerprint density at radius 3 is 2.46 bits per heavy atom. The van der Waals surface area contributed by atoms with Gasteiger partial charge in [0.25, 0.3) is 0 Å². The molecule has 7 nitrogen and oxygen atoms in total. The average molecular weight is 515 g/mol. The van der Waals surface area contributed by atoms with Gasteiger partial charge >= 0.3 is 5.97 Å². The van der Waals surface area contributed by atoms with Gasteiger partial charge in [0.15, 0.2) is 11.5 Å². The summed E-state index contributed by atoms with van der Waals surface area (Å²) in [6, 6.07) is 0. The highest BCUT2D eigenvalue weighted by molar-refractivity contribution is 6.23. The van der Waals surface area contributed by atoms with Crippen LogP contribution in [0.25, 0.3) is 0 Å². The lowest BCUT2D eigenvalue weighted by Gasteiger charge is -2.57. The summed E-state index contributed by atoms with van der Waals surface area (Å²) in [7, 11) is 0. The van der Waals surface area contributed by atoms with Crippen LogP contribution in [-0.4, -0.2) is 52.2 Å². The normalized spacial score (nSPS) is 34.2. The number of Topliss-reactive ketones (excluding diaryl/α,β-unsaturated/α-hetero) is 1. The van der Waals surface area contributed by atoms with Crippen LogP contribution in [-0.2, 0) is 28.6 Å². The summed E-state index contributed by atoms with van der Waals surface area (Å²) >= 11 is 0. The Bertz CT molecular complexity index is 1090. The average Bonchev–Trinajstić information content (AvgIpc) is 2.81. The fourth-order valence-corrected chi connectivity index (χ4v) is 6.70. The molecule has 2 heterocycles. The highest BCUT2D eigenvalue weighted by atomic mass is 16.5. The summed E-state index contributed by atoms with van der Waals surface area (Å²) in [6.45, 7) is 14.9. The number of carbonyl (C=O) groups is 3. The zero-order chi connectivity index (χ0) is 27.5. The first kappa shape index (κ1) is 27.8. The Labute approximate surface area is 220 Å². The first-order valence-corrected chi connectivity index (χ1v) is 13.6. The quantitative estimate of drug-likeness (QED) is 0.403. The summed E-state index contributed by atoms with van der Waals surface area (Å²) in [5, 5.41) is 10.5. The zero-order valence-electron chi connectivity index (χ0n) is 23.5. The molecule has 204 valence electrons. The minimum atomic E-state index is -0.932. The summed E-state index contributed by atoms with van der Waals surface area (Å²) < 4.78 is 18.5. The maximum Gasteiger partial charge on any atom is 0.302 e. The van der Waals surface area contributed by atoms with E-state index in [1.54, 1.807) is 13.8 Å². The molecule has 2 fully saturated rings. The van der Waals surface area contributed by atoms with Gasteiger partial charge in [0.1, 0.15) is 11.7 Å². The fraction of sp³-hybridized carbons (Fsp3) is 0.700. The van der Waals surface area contributed by atoms with Gasteiger partial charge in [-0.05, 0) is 70.1 Å². The van der Waals surface area contributed by atoms with Crippen LogP contribution < -0.4 is 0 Å². The second kappa shape index (κ2) is 9.49. The number of esters is 1. The number of hydrogen-bond acceptors (Lipinski definition) is 7. The van der Waals surface area contributed by atoms with Crippen molar-refractivity contribution in [3.8, 4) is 0 Å². The molecule has 1 saturated carbocycles. The molecule has 1 saturated heterocycles. The van der Waals surface area contributed by atoms with Gasteiger partial charge < -0.3 is 19.3 Å². The second-order valence-corrected chi connectivity index (χ2v) is 12.4. The molecule has 2 aliphatic heterocycles. The molecule has 2 aliphatic carbocycles. The maximum atomic E-state index is 13.8. The molecular weight excluding hydrogens is 472 g/mol. The molecule has 0 unspecified atom stereocenters. The maximum absolute atomic E-state index is 13.8. The minimum absolute atomic E-state index is 0.0172. The molecule has 0 radical (unpaired) electrons. The summed E-state index contributed by atoms with van der Waals surface area (Å²) in [4.78, 5) is 39.0. The van der Waals surface area contributed by atoms with Crippen molar-refractivity contribution in [3.05, 3.63) is 34.6 Å². The van der Waals surface area contributed by atoms with Crippen LogP contribution >= 0.6 is 0 Å². The lowest BCUT2D eigenvalue weighted by Crippen LogP contribution is -2.58. The number of hydrogen-bond donors (Lipinski definition) is 1. The number of aliphatic hydroxyl groups is 1. The first-order chi connectivity index (χ1) is 17.1. The molecule has 0 amide bonds. The summed E-state index contributed by atoms with van der Waals surface area (Å²) in [5.41, 5.74) is -0.448. The number of ether oxygens (including phenoxy) is 3. The first-order valence-electron chi connectivity index (χ1n) is 13.6. The highest BCUT2D eigenvalue weighted by Gasteiger charge is 2.57. The number of allylic oxidation sites excluding steroid dienone is 4. The van der Waals surface area contributed by atoms with Crippen molar-refractivity contribution in [2.45, 2.75) is 117 Å². The zero-order valence-corrected chi connectivity index (χ0v) is 23.5. The Kier molecular flexibility index (Phi) is 7.13. The molecule has 0 aromatic rings. The largest absolute Gasteiger partial charge is 0.478 e. The van der Waals surface area contributed by atoms with Crippen LogP contribution in [0.2, 0.25) is 0 Å². The third-order valence-electron chi connectivity index (χ3n) is 9.19. The van der Waals surface area contributed by atoms with Gasteiger partial charge in [0, 0.05) is 23.8 Å². The lowest BCUT2D eigenvalue weighted by atomic mass is 9.58. The van der Waals surface area contributed by atoms with E-state index in [1.807, 2.05) is 33.8 Å². The molecule has 4 rings (SSSR count). The minimum Gasteiger partial charge on any atom is -0.478 e. The standard InChI is InChI=1S/C30H42O7/c1-9-16(2)26(35-18(4)31)17(3)19-14-21(32)20-15-22-29(7)12-10-23(28(5,6)34)36-24(29)11-13-30(22,8)37-27(20)25(19)33/h14-17,23-24,26,34H,9-13H2,1-8H3/t16-,17-,23+,24+,26-,29+,30+/m0/s1. The second-order valence-electron chi connectivity index (χ2n) is 12.4. The van der Waals surface area contributed by atoms with Gasteiger partial charge in [-0.2, -0.15) is 0 Å².